The highest BCUT2D eigenvalue weighted by molar-refractivity contribution is 4.78. The second-order valence-electron chi connectivity index (χ2n) is 5.61. The Hall–Kier alpha value is -0.0800. The van der Waals surface area contributed by atoms with E-state index in [9.17, 15) is 10.2 Å². The first-order valence-electron chi connectivity index (χ1n) is 6.60. The second kappa shape index (κ2) is 5.31. The molecule has 0 heterocycles. The number of rotatable bonds is 2. The van der Waals surface area contributed by atoms with Gasteiger partial charge in [-0.2, -0.15) is 0 Å². The molecule has 0 amide bonds. The molecular formula is C13H24O2. The lowest BCUT2D eigenvalue weighted by Crippen LogP contribution is -2.25. The van der Waals surface area contributed by atoms with Crippen molar-refractivity contribution in [3.8, 4) is 0 Å². The van der Waals surface area contributed by atoms with Crippen LogP contribution in [0.25, 0.3) is 0 Å². The van der Waals surface area contributed by atoms with Crippen molar-refractivity contribution in [2.24, 2.45) is 11.8 Å². The van der Waals surface area contributed by atoms with Crippen LogP contribution in [-0.4, -0.2) is 22.4 Å². The van der Waals surface area contributed by atoms with Gasteiger partial charge in [-0.25, -0.2) is 0 Å². The molecule has 2 aliphatic rings. The Kier molecular flexibility index (Phi) is 4.04. The summed E-state index contributed by atoms with van der Waals surface area (Å²) in [6.07, 6.45) is 10.2. The van der Waals surface area contributed by atoms with Crippen LogP contribution in [0.15, 0.2) is 0 Å². The smallest absolute Gasteiger partial charge is 0.0542 e. The van der Waals surface area contributed by atoms with Gasteiger partial charge in [-0.05, 0) is 43.9 Å². The second-order valence-corrected chi connectivity index (χ2v) is 5.61. The molecular weight excluding hydrogens is 188 g/mol. The maximum absolute atomic E-state index is 9.61. The third kappa shape index (κ3) is 3.46. The fourth-order valence-corrected chi connectivity index (χ4v) is 3.42. The minimum absolute atomic E-state index is 0.0442. The van der Waals surface area contributed by atoms with E-state index in [0.29, 0.717) is 0 Å². The van der Waals surface area contributed by atoms with Crippen molar-refractivity contribution in [2.45, 2.75) is 70.0 Å². The lowest BCUT2D eigenvalue weighted by Gasteiger charge is -2.32. The molecule has 0 spiro atoms. The van der Waals surface area contributed by atoms with E-state index in [1.165, 1.54) is 32.1 Å². The summed E-state index contributed by atoms with van der Waals surface area (Å²) in [5, 5.41) is 19.2. The van der Waals surface area contributed by atoms with Crippen LogP contribution in [-0.2, 0) is 0 Å². The molecule has 0 saturated heterocycles. The van der Waals surface area contributed by atoms with Crippen LogP contribution in [0.4, 0.5) is 0 Å². The minimum atomic E-state index is -0.0442. The molecule has 4 atom stereocenters. The van der Waals surface area contributed by atoms with Crippen molar-refractivity contribution in [1.82, 2.24) is 0 Å². The summed E-state index contributed by atoms with van der Waals surface area (Å²) in [6.45, 7) is 0. The van der Waals surface area contributed by atoms with E-state index in [-0.39, 0.29) is 12.2 Å². The summed E-state index contributed by atoms with van der Waals surface area (Å²) in [7, 11) is 0. The summed E-state index contributed by atoms with van der Waals surface area (Å²) in [4.78, 5) is 0. The monoisotopic (exact) mass is 212 g/mol. The summed E-state index contributed by atoms with van der Waals surface area (Å²) < 4.78 is 0. The van der Waals surface area contributed by atoms with Crippen LogP contribution in [0.5, 0.6) is 0 Å². The average molecular weight is 212 g/mol. The highest BCUT2D eigenvalue weighted by atomic mass is 16.3. The van der Waals surface area contributed by atoms with Crippen molar-refractivity contribution in [1.29, 1.82) is 0 Å². The average Bonchev–Trinajstić information content (AvgIpc) is 2.17. The summed E-state index contributed by atoms with van der Waals surface area (Å²) >= 11 is 0. The molecule has 2 heteroatoms. The fraction of sp³-hybridized carbons (Fsp3) is 1.00. The van der Waals surface area contributed by atoms with Crippen molar-refractivity contribution in [2.75, 3.05) is 0 Å². The molecule has 0 aliphatic heterocycles. The summed E-state index contributed by atoms with van der Waals surface area (Å²) in [5.41, 5.74) is 0. The van der Waals surface area contributed by atoms with E-state index in [1.54, 1.807) is 0 Å². The third-order valence-corrected chi connectivity index (χ3v) is 4.18. The van der Waals surface area contributed by atoms with Crippen molar-refractivity contribution in [3.63, 3.8) is 0 Å². The number of aliphatic hydroxyl groups is 2. The predicted molar refractivity (Wildman–Crippen MR) is 60.5 cm³/mol. The molecule has 15 heavy (non-hydrogen) atoms. The standard InChI is InChI=1S/C13H24O2/c14-12-5-1-3-10(8-12)7-11-4-2-6-13(15)9-11/h10-15H,1-9H2/t10?,11?,12-,13-/m0/s1. The van der Waals surface area contributed by atoms with Gasteiger partial charge in [0.05, 0.1) is 12.2 Å². The third-order valence-electron chi connectivity index (χ3n) is 4.18. The maximum Gasteiger partial charge on any atom is 0.0542 e. The normalized spacial score (nSPS) is 42.8. The Morgan fingerprint density at radius 3 is 1.60 bits per heavy atom. The lowest BCUT2D eigenvalue weighted by molar-refractivity contribution is 0.0664. The molecule has 2 rings (SSSR count). The van der Waals surface area contributed by atoms with E-state index in [0.717, 1.165) is 37.5 Å². The number of hydrogen-bond acceptors (Lipinski definition) is 2. The van der Waals surface area contributed by atoms with Crippen LogP contribution in [0.2, 0.25) is 0 Å². The van der Waals surface area contributed by atoms with Gasteiger partial charge in [-0.1, -0.05) is 25.7 Å². The van der Waals surface area contributed by atoms with Crippen molar-refractivity contribution < 1.29 is 10.2 Å². The van der Waals surface area contributed by atoms with Crippen LogP contribution in [0, 0.1) is 11.8 Å². The molecule has 2 unspecified atom stereocenters. The molecule has 0 radical (unpaired) electrons. The maximum atomic E-state index is 9.61. The zero-order valence-corrected chi connectivity index (χ0v) is 9.57. The Bertz CT molecular complexity index is 173. The largest absolute Gasteiger partial charge is 0.393 e. The van der Waals surface area contributed by atoms with Gasteiger partial charge in [0, 0.05) is 0 Å². The Morgan fingerprint density at radius 2 is 1.20 bits per heavy atom. The first-order chi connectivity index (χ1) is 7.24. The number of hydrogen-bond donors (Lipinski definition) is 2. The van der Waals surface area contributed by atoms with Gasteiger partial charge >= 0.3 is 0 Å². The van der Waals surface area contributed by atoms with E-state index < -0.39 is 0 Å². The summed E-state index contributed by atoms with van der Waals surface area (Å²) in [6, 6.07) is 0. The molecule has 2 N–H and O–H groups in total. The van der Waals surface area contributed by atoms with Gasteiger partial charge in [0.15, 0.2) is 0 Å². The Morgan fingerprint density at radius 1 is 0.733 bits per heavy atom. The Balaban J connectivity index is 1.75. The minimum Gasteiger partial charge on any atom is -0.393 e. The molecule has 0 aromatic heterocycles. The van der Waals surface area contributed by atoms with Crippen molar-refractivity contribution in [3.05, 3.63) is 0 Å². The quantitative estimate of drug-likeness (QED) is 0.738. The van der Waals surface area contributed by atoms with Gasteiger partial charge < -0.3 is 10.2 Å². The molecule has 88 valence electrons. The van der Waals surface area contributed by atoms with Crippen LogP contribution >= 0.6 is 0 Å². The first-order valence-corrected chi connectivity index (χ1v) is 6.60. The first kappa shape index (κ1) is 11.4. The molecule has 2 nitrogen and oxygen atoms in total. The van der Waals surface area contributed by atoms with Gasteiger partial charge in [-0.3, -0.25) is 0 Å². The highest BCUT2D eigenvalue weighted by Crippen LogP contribution is 2.35. The van der Waals surface area contributed by atoms with E-state index in [4.69, 9.17) is 0 Å². The molecule has 2 aliphatic carbocycles. The van der Waals surface area contributed by atoms with Crippen molar-refractivity contribution >= 4 is 0 Å². The topological polar surface area (TPSA) is 40.5 Å². The van der Waals surface area contributed by atoms with Gasteiger partial charge in [-0.15, -0.1) is 0 Å². The number of aliphatic hydroxyl groups excluding tert-OH is 2. The molecule has 0 bridgehead atoms. The zero-order chi connectivity index (χ0) is 10.7. The Labute approximate surface area is 92.7 Å². The highest BCUT2D eigenvalue weighted by Gasteiger charge is 2.26. The molecule has 2 saturated carbocycles. The molecule has 0 aromatic rings. The fourth-order valence-electron chi connectivity index (χ4n) is 3.42. The van der Waals surface area contributed by atoms with Gasteiger partial charge in [0.1, 0.15) is 0 Å². The van der Waals surface area contributed by atoms with Crippen LogP contribution < -0.4 is 0 Å². The van der Waals surface area contributed by atoms with Crippen LogP contribution in [0.3, 0.4) is 0 Å². The summed E-state index contributed by atoms with van der Waals surface area (Å²) in [5.74, 6) is 1.45. The van der Waals surface area contributed by atoms with E-state index in [1.807, 2.05) is 0 Å². The predicted octanol–water partition coefficient (Wildman–Crippen LogP) is 2.48. The van der Waals surface area contributed by atoms with Crippen LogP contribution in [0.1, 0.15) is 57.8 Å². The van der Waals surface area contributed by atoms with Gasteiger partial charge in [0.25, 0.3) is 0 Å². The van der Waals surface area contributed by atoms with E-state index in [2.05, 4.69) is 0 Å². The molecule has 0 aromatic carbocycles. The molecule has 2 fully saturated rings. The lowest BCUT2D eigenvalue weighted by atomic mass is 9.76. The zero-order valence-electron chi connectivity index (χ0n) is 9.57. The SMILES string of the molecule is O[C@H]1CCCC(CC2CCC[C@H](O)C2)C1. The van der Waals surface area contributed by atoms with E-state index >= 15 is 0 Å². The van der Waals surface area contributed by atoms with Gasteiger partial charge in [0.2, 0.25) is 0 Å².